The molecule has 0 saturated heterocycles. The van der Waals surface area contributed by atoms with E-state index in [1.165, 1.54) is 0 Å². The molecule has 0 atom stereocenters. The van der Waals surface area contributed by atoms with E-state index in [1.54, 1.807) is 0 Å². The Morgan fingerprint density at radius 2 is 1.67 bits per heavy atom. The van der Waals surface area contributed by atoms with Gasteiger partial charge in [0.25, 0.3) is 0 Å². The monoisotopic (exact) mass is 266 g/mol. The fourth-order valence-electron chi connectivity index (χ4n) is 1.35. The molecule has 18 heavy (non-hydrogen) atoms. The van der Waals surface area contributed by atoms with Crippen molar-refractivity contribution in [2.45, 2.75) is 6.18 Å². The number of carbonyl (C=O) groups is 2. The summed E-state index contributed by atoms with van der Waals surface area (Å²) in [6.07, 6.45) is -4.88. The largest absolute Gasteiger partial charge is 0.465 e. The third kappa shape index (κ3) is 2.29. The molecule has 1 aromatic heterocycles. The number of rotatable bonds is 2. The second-order valence-corrected chi connectivity index (χ2v) is 3.18. The van der Waals surface area contributed by atoms with Crippen LogP contribution < -0.4 is 0 Å². The maximum atomic E-state index is 12.7. The summed E-state index contributed by atoms with van der Waals surface area (Å²) in [5.74, 6) is -2.42. The Balaban J connectivity index is 3.57. The molecule has 0 N–H and O–H groups in total. The van der Waals surface area contributed by atoms with Crippen molar-refractivity contribution in [1.82, 2.24) is 9.78 Å². The molecule has 1 aromatic rings. The van der Waals surface area contributed by atoms with Crippen LogP contribution in [0.4, 0.5) is 13.2 Å². The predicted octanol–water partition coefficient (Wildman–Crippen LogP) is 1.01. The van der Waals surface area contributed by atoms with Crippen molar-refractivity contribution in [2.24, 2.45) is 7.05 Å². The average Bonchev–Trinajstić information content (AvgIpc) is 2.64. The van der Waals surface area contributed by atoms with Crippen molar-refractivity contribution in [1.29, 1.82) is 0 Å². The van der Waals surface area contributed by atoms with Crippen LogP contribution in [-0.2, 0) is 22.7 Å². The van der Waals surface area contributed by atoms with E-state index >= 15 is 0 Å². The summed E-state index contributed by atoms with van der Waals surface area (Å²) in [4.78, 5) is 22.7. The first-order chi connectivity index (χ1) is 8.23. The van der Waals surface area contributed by atoms with Crippen molar-refractivity contribution >= 4 is 11.9 Å². The molecule has 1 rings (SSSR count). The van der Waals surface area contributed by atoms with E-state index in [2.05, 4.69) is 14.6 Å². The smallest absolute Gasteiger partial charge is 0.436 e. The topological polar surface area (TPSA) is 70.4 Å². The number of aromatic nitrogens is 2. The van der Waals surface area contributed by atoms with Gasteiger partial charge in [0.05, 0.1) is 14.2 Å². The standard InChI is InChI=1S/C9H9F3N2O4/c1-14-5(8(16)18-3)4(7(15)17-2)6(13-14)9(10,11)12/h1-3H3. The molecule has 6 nitrogen and oxygen atoms in total. The Kier molecular flexibility index (Phi) is 3.63. The predicted molar refractivity (Wildman–Crippen MR) is 50.9 cm³/mol. The average molecular weight is 266 g/mol. The highest BCUT2D eigenvalue weighted by Gasteiger charge is 2.43. The lowest BCUT2D eigenvalue weighted by Gasteiger charge is -2.05. The molecule has 0 fully saturated rings. The minimum absolute atomic E-state index is 0.614. The van der Waals surface area contributed by atoms with Crippen LogP contribution in [-0.4, -0.2) is 35.9 Å². The molecular weight excluding hydrogens is 257 g/mol. The van der Waals surface area contributed by atoms with Gasteiger partial charge in [0, 0.05) is 7.05 Å². The van der Waals surface area contributed by atoms with Crippen molar-refractivity contribution in [2.75, 3.05) is 14.2 Å². The number of nitrogens with zero attached hydrogens (tertiary/aromatic N) is 2. The zero-order chi connectivity index (χ0) is 14.1. The Morgan fingerprint density at radius 1 is 1.17 bits per heavy atom. The first kappa shape index (κ1) is 14.0. The second kappa shape index (κ2) is 4.67. The zero-order valence-electron chi connectivity index (χ0n) is 9.66. The van der Waals surface area contributed by atoms with E-state index in [0.717, 1.165) is 21.3 Å². The molecule has 9 heteroatoms. The Labute approximate surface area is 99.3 Å². The molecule has 0 aliphatic rings. The molecule has 0 spiro atoms. The number of alkyl halides is 3. The number of ether oxygens (including phenoxy) is 2. The van der Waals surface area contributed by atoms with Gasteiger partial charge in [-0.2, -0.15) is 18.3 Å². The first-order valence-electron chi connectivity index (χ1n) is 4.54. The molecule has 0 aliphatic carbocycles. The lowest BCUT2D eigenvalue weighted by molar-refractivity contribution is -0.142. The molecule has 0 radical (unpaired) electrons. The summed E-state index contributed by atoms with van der Waals surface area (Å²) in [5.41, 5.74) is -3.06. The van der Waals surface area contributed by atoms with Crippen molar-refractivity contribution in [3.8, 4) is 0 Å². The Morgan fingerprint density at radius 3 is 2.06 bits per heavy atom. The van der Waals surface area contributed by atoms with Crippen LogP contribution in [0.25, 0.3) is 0 Å². The van der Waals surface area contributed by atoms with Gasteiger partial charge in [0.2, 0.25) is 0 Å². The molecule has 0 aromatic carbocycles. The van der Waals surface area contributed by atoms with Crippen molar-refractivity contribution in [3.05, 3.63) is 17.0 Å². The van der Waals surface area contributed by atoms with Gasteiger partial charge in [-0.15, -0.1) is 0 Å². The fourth-order valence-corrected chi connectivity index (χ4v) is 1.35. The highest BCUT2D eigenvalue weighted by atomic mass is 19.4. The van der Waals surface area contributed by atoms with E-state index in [9.17, 15) is 22.8 Å². The van der Waals surface area contributed by atoms with Gasteiger partial charge in [0.1, 0.15) is 5.56 Å². The quantitative estimate of drug-likeness (QED) is 0.747. The van der Waals surface area contributed by atoms with E-state index in [0.29, 0.717) is 4.68 Å². The minimum Gasteiger partial charge on any atom is -0.465 e. The molecule has 0 bridgehead atoms. The Bertz CT molecular complexity index is 493. The van der Waals surface area contributed by atoms with Crippen LogP contribution in [0.2, 0.25) is 0 Å². The second-order valence-electron chi connectivity index (χ2n) is 3.18. The van der Waals surface area contributed by atoms with Gasteiger partial charge < -0.3 is 9.47 Å². The van der Waals surface area contributed by atoms with E-state index in [-0.39, 0.29) is 0 Å². The minimum atomic E-state index is -4.88. The van der Waals surface area contributed by atoms with E-state index < -0.39 is 35.1 Å². The molecule has 100 valence electrons. The van der Waals surface area contributed by atoms with Crippen molar-refractivity contribution < 1.29 is 32.2 Å². The summed E-state index contributed by atoms with van der Waals surface area (Å²) >= 11 is 0. The fraction of sp³-hybridized carbons (Fsp3) is 0.444. The highest BCUT2D eigenvalue weighted by Crippen LogP contribution is 2.32. The molecular formula is C9H9F3N2O4. The third-order valence-corrected chi connectivity index (χ3v) is 2.08. The third-order valence-electron chi connectivity index (χ3n) is 2.08. The summed E-state index contributed by atoms with van der Waals surface area (Å²) in [7, 11) is 2.97. The number of esters is 2. The van der Waals surface area contributed by atoms with Crippen LogP contribution in [0, 0.1) is 0 Å². The molecule has 0 unspecified atom stereocenters. The summed E-state index contributed by atoms with van der Waals surface area (Å²) < 4.78 is 47.2. The highest BCUT2D eigenvalue weighted by molar-refractivity contribution is 6.03. The van der Waals surface area contributed by atoms with E-state index in [4.69, 9.17) is 0 Å². The lowest BCUT2D eigenvalue weighted by Crippen LogP contribution is -2.17. The number of halogens is 3. The maximum Gasteiger partial charge on any atom is 0.436 e. The zero-order valence-corrected chi connectivity index (χ0v) is 9.66. The molecule has 1 heterocycles. The number of methoxy groups -OCH3 is 2. The van der Waals surface area contributed by atoms with Crippen LogP contribution in [0.5, 0.6) is 0 Å². The van der Waals surface area contributed by atoms with Crippen LogP contribution in [0.15, 0.2) is 0 Å². The molecule has 0 amide bonds. The number of aryl methyl sites for hydroxylation is 1. The van der Waals surface area contributed by atoms with Crippen LogP contribution in [0.1, 0.15) is 26.5 Å². The van der Waals surface area contributed by atoms with Gasteiger partial charge in [-0.05, 0) is 0 Å². The van der Waals surface area contributed by atoms with Crippen LogP contribution >= 0.6 is 0 Å². The van der Waals surface area contributed by atoms with Gasteiger partial charge >= 0.3 is 18.1 Å². The normalized spacial score (nSPS) is 11.2. The first-order valence-corrected chi connectivity index (χ1v) is 4.54. The van der Waals surface area contributed by atoms with Gasteiger partial charge in [0.15, 0.2) is 11.4 Å². The van der Waals surface area contributed by atoms with E-state index in [1.807, 2.05) is 0 Å². The summed E-state index contributed by atoms with van der Waals surface area (Å²) in [6.45, 7) is 0. The van der Waals surface area contributed by atoms with Crippen LogP contribution in [0.3, 0.4) is 0 Å². The molecule has 0 saturated carbocycles. The SMILES string of the molecule is COC(=O)c1c(C(F)(F)F)nn(C)c1C(=O)OC. The van der Waals surface area contributed by atoms with Gasteiger partial charge in [-0.3, -0.25) is 4.68 Å². The summed E-state index contributed by atoms with van der Waals surface area (Å²) in [6, 6.07) is 0. The Hall–Kier alpha value is -2.06. The number of hydrogen-bond acceptors (Lipinski definition) is 5. The number of hydrogen-bond donors (Lipinski definition) is 0. The lowest BCUT2D eigenvalue weighted by atomic mass is 10.1. The van der Waals surface area contributed by atoms with Gasteiger partial charge in [-0.25, -0.2) is 9.59 Å². The summed E-state index contributed by atoms with van der Waals surface area (Å²) in [5, 5.41) is 3.11. The maximum absolute atomic E-state index is 12.7. The molecule has 0 aliphatic heterocycles. The number of carbonyl (C=O) groups excluding carboxylic acids is 2. The van der Waals surface area contributed by atoms with Gasteiger partial charge in [-0.1, -0.05) is 0 Å². The van der Waals surface area contributed by atoms with Crippen molar-refractivity contribution in [3.63, 3.8) is 0 Å².